The van der Waals surface area contributed by atoms with Gasteiger partial charge in [0, 0.05) is 0 Å². The van der Waals surface area contributed by atoms with E-state index in [0.29, 0.717) is 15.7 Å². The van der Waals surface area contributed by atoms with Gasteiger partial charge in [0.25, 0.3) is 0 Å². The lowest BCUT2D eigenvalue weighted by Crippen LogP contribution is -1.85. The molecule has 0 atom stereocenters. The summed E-state index contributed by atoms with van der Waals surface area (Å²) in [4.78, 5) is 11.1. The molecule has 0 saturated carbocycles. The molecule has 2 rings (SSSR count). The number of hydrogen-bond acceptors (Lipinski definition) is 4. The van der Waals surface area contributed by atoms with Crippen LogP contribution < -0.4 is 4.74 Å². The summed E-state index contributed by atoms with van der Waals surface area (Å²) in [7, 11) is 0. The fraction of sp³-hybridized carbons (Fsp3) is 0.0833. The quantitative estimate of drug-likeness (QED) is 0.827. The number of aliphatic hydroxyl groups excluding tert-OH is 1. The molecule has 0 radical (unpaired) electrons. The zero-order chi connectivity index (χ0) is 11.4. The Labute approximate surface area is 96.9 Å². The van der Waals surface area contributed by atoms with Crippen LogP contribution in [0.15, 0.2) is 36.4 Å². The van der Waals surface area contributed by atoms with Crippen molar-refractivity contribution in [1.82, 2.24) is 0 Å². The van der Waals surface area contributed by atoms with Crippen molar-refractivity contribution in [3.05, 3.63) is 46.8 Å². The summed E-state index contributed by atoms with van der Waals surface area (Å²) in [6, 6.07) is 10.7. The van der Waals surface area contributed by atoms with Crippen molar-refractivity contribution >= 4 is 17.6 Å². The van der Waals surface area contributed by atoms with Gasteiger partial charge in [-0.05, 0) is 29.8 Å². The van der Waals surface area contributed by atoms with E-state index in [4.69, 9.17) is 9.84 Å². The summed E-state index contributed by atoms with van der Waals surface area (Å²) in [5.74, 6) is 0.658. The zero-order valence-corrected chi connectivity index (χ0v) is 9.24. The van der Waals surface area contributed by atoms with Crippen LogP contribution in [0.1, 0.15) is 15.2 Å². The van der Waals surface area contributed by atoms with Gasteiger partial charge in [0.2, 0.25) is 0 Å². The number of hydrogen-bond donors (Lipinski definition) is 1. The molecule has 0 bridgehead atoms. The van der Waals surface area contributed by atoms with Crippen LogP contribution in [0.2, 0.25) is 0 Å². The summed E-state index contributed by atoms with van der Waals surface area (Å²) in [6.07, 6.45) is 0.793. The number of carbonyl (C=O) groups excluding carboxylic acids is 1. The monoisotopic (exact) mass is 234 g/mol. The average Bonchev–Trinajstić information content (AvgIpc) is 2.77. The Morgan fingerprint density at radius 1 is 1.31 bits per heavy atom. The van der Waals surface area contributed by atoms with Crippen molar-refractivity contribution < 1.29 is 14.6 Å². The Hall–Kier alpha value is -1.65. The van der Waals surface area contributed by atoms with Crippen molar-refractivity contribution in [1.29, 1.82) is 0 Å². The first-order valence-corrected chi connectivity index (χ1v) is 5.56. The Balaban J connectivity index is 2.16. The Bertz CT molecular complexity index is 491. The van der Waals surface area contributed by atoms with Gasteiger partial charge >= 0.3 is 0 Å². The highest BCUT2D eigenvalue weighted by atomic mass is 32.1. The Morgan fingerprint density at radius 2 is 2.19 bits per heavy atom. The number of rotatable bonds is 4. The number of ether oxygens (including phenoxy) is 1. The number of carbonyl (C=O) groups is 1. The maximum absolute atomic E-state index is 10.5. The molecule has 1 aromatic heterocycles. The zero-order valence-electron chi connectivity index (χ0n) is 8.42. The summed E-state index contributed by atoms with van der Waals surface area (Å²) in [5.41, 5.74) is 0.796. The molecule has 0 aliphatic heterocycles. The first kappa shape index (κ1) is 10.9. The van der Waals surface area contributed by atoms with Crippen LogP contribution in [0.4, 0.5) is 0 Å². The van der Waals surface area contributed by atoms with Crippen LogP contribution in [-0.2, 0) is 6.61 Å². The topological polar surface area (TPSA) is 46.5 Å². The molecule has 0 fully saturated rings. The fourth-order valence-electron chi connectivity index (χ4n) is 1.28. The van der Waals surface area contributed by atoms with E-state index in [-0.39, 0.29) is 6.61 Å². The minimum absolute atomic E-state index is 0.0127. The molecule has 2 aromatic rings. The third-order valence-corrected chi connectivity index (χ3v) is 2.91. The first-order valence-electron chi connectivity index (χ1n) is 4.74. The van der Waals surface area contributed by atoms with Gasteiger partial charge < -0.3 is 9.84 Å². The highest BCUT2D eigenvalue weighted by Gasteiger charge is 2.02. The van der Waals surface area contributed by atoms with Crippen LogP contribution in [0, 0.1) is 0 Å². The van der Waals surface area contributed by atoms with Crippen molar-refractivity contribution in [2.75, 3.05) is 0 Å². The van der Waals surface area contributed by atoms with Crippen molar-refractivity contribution in [2.45, 2.75) is 6.61 Å². The van der Waals surface area contributed by atoms with Gasteiger partial charge in [-0.2, -0.15) is 0 Å². The van der Waals surface area contributed by atoms with E-state index in [1.54, 1.807) is 24.3 Å². The second-order valence-electron chi connectivity index (χ2n) is 3.18. The molecule has 0 unspecified atom stereocenters. The van der Waals surface area contributed by atoms with Crippen LogP contribution in [0.25, 0.3) is 0 Å². The van der Waals surface area contributed by atoms with Crippen molar-refractivity contribution in [2.24, 2.45) is 0 Å². The summed E-state index contributed by atoms with van der Waals surface area (Å²) < 4.78 is 5.55. The molecule has 1 N–H and O–H groups in total. The second kappa shape index (κ2) is 4.92. The molecule has 0 aliphatic rings. The molecule has 0 saturated heterocycles. The molecule has 1 heterocycles. The van der Waals surface area contributed by atoms with E-state index in [1.807, 2.05) is 12.1 Å². The van der Waals surface area contributed by atoms with Crippen LogP contribution in [0.5, 0.6) is 10.8 Å². The van der Waals surface area contributed by atoms with Gasteiger partial charge in [0.15, 0.2) is 11.3 Å². The number of aliphatic hydroxyl groups is 1. The van der Waals surface area contributed by atoms with Crippen molar-refractivity contribution in [3.63, 3.8) is 0 Å². The minimum Gasteiger partial charge on any atom is -0.447 e. The van der Waals surface area contributed by atoms with Gasteiger partial charge in [-0.15, -0.1) is 0 Å². The summed E-state index contributed by atoms with van der Waals surface area (Å²) in [5, 5.41) is 9.64. The highest BCUT2D eigenvalue weighted by Crippen LogP contribution is 2.28. The lowest BCUT2D eigenvalue weighted by Gasteiger charge is -2.03. The number of aldehydes is 1. The van der Waals surface area contributed by atoms with Gasteiger partial charge in [-0.3, -0.25) is 4.79 Å². The largest absolute Gasteiger partial charge is 0.447 e. The van der Waals surface area contributed by atoms with Crippen LogP contribution in [0.3, 0.4) is 0 Å². The van der Waals surface area contributed by atoms with E-state index in [9.17, 15) is 4.79 Å². The van der Waals surface area contributed by atoms with Crippen LogP contribution in [-0.4, -0.2) is 11.4 Å². The van der Waals surface area contributed by atoms with Gasteiger partial charge in [-0.25, -0.2) is 0 Å². The molecule has 16 heavy (non-hydrogen) atoms. The Morgan fingerprint density at radius 3 is 2.88 bits per heavy atom. The smallest absolute Gasteiger partial charge is 0.181 e. The first-order chi connectivity index (χ1) is 7.81. The standard InChI is InChI=1S/C12H10O3S/c13-7-9-2-1-3-10(6-9)15-12-5-4-11(8-14)16-12/h1-6,8,13H,7H2. The van der Waals surface area contributed by atoms with E-state index >= 15 is 0 Å². The maximum atomic E-state index is 10.5. The predicted molar refractivity (Wildman–Crippen MR) is 62.1 cm³/mol. The molecular formula is C12H10O3S. The second-order valence-corrected chi connectivity index (χ2v) is 4.26. The highest BCUT2D eigenvalue weighted by molar-refractivity contribution is 7.15. The molecule has 82 valence electrons. The molecule has 3 nitrogen and oxygen atoms in total. The molecule has 1 aromatic carbocycles. The van der Waals surface area contributed by atoms with Gasteiger partial charge in [-0.1, -0.05) is 23.5 Å². The molecule has 0 amide bonds. The molecule has 0 aliphatic carbocycles. The van der Waals surface area contributed by atoms with Crippen LogP contribution >= 0.6 is 11.3 Å². The third kappa shape index (κ3) is 2.48. The van der Waals surface area contributed by atoms with E-state index in [1.165, 1.54) is 11.3 Å². The summed E-state index contributed by atoms with van der Waals surface area (Å²) in [6.45, 7) is -0.0127. The van der Waals surface area contributed by atoms with Crippen molar-refractivity contribution in [3.8, 4) is 10.8 Å². The molecule has 4 heteroatoms. The normalized spacial score (nSPS) is 10.1. The SMILES string of the molecule is O=Cc1ccc(Oc2cccc(CO)c2)s1. The van der Waals surface area contributed by atoms with Gasteiger partial charge in [0.05, 0.1) is 11.5 Å². The molecule has 0 spiro atoms. The van der Waals surface area contributed by atoms with E-state index < -0.39 is 0 Å². The Kier molecular flexibility index (Phi) is 3.34. The number of benzene rings is 1. The molecular weight excluding hydrogens is 224 g/mol. The number of thiophene rings is 1. The predicted octanol–water partition coefficient (Wildman–Crippen LogP) is 2.85. The maximum Gasteiger partial charge on any atom is 0.181 e. The van der Waals surface area contributed by atoms with Gasteiger partial charge in [0.1, 0.15) is 5.75 Å². The lowest BCUT2D eigenvalue weighted by atomic mass is 10.2. The fourth-order valence-corrected chi connectivity index (χ4v) is 1.97. The lowest BCUT2D eigenvalue weighted by molar-refractivity contribution is 0.112. The average molecular weight is 234 g/mol. The van der Waals surface area contributed by atoms with E-state index in [2.05, 4.69) is 0 Å². The minimum atomic E-state index is -0.0127. The third-order valence-electron chi connectivity index (χ3n) is 2.02. The van der Waals surface area contributed by atoms with E-state index in [0.717, 1.165) is 11.8 Å². The summed E-state index contributed by atoms with van der Waals surface area (Å²) >= 11 is 1.29.